The maximum absolute atomic E-state index is 12.0. The molecule has 0 heterocycles. The van der Waals surface area contributed by atoms with Gasteiger partial charge < -0.3 is 59.8 Å². The fraction of sp³-hybridized carbons (Fsp3) is 0.130. The SMILES string of the molecule is CC(C1=CCC(Oc2ccc(C(=O)O)c(C(=O)O)c2)(Oc2ccc(C(=O)O)c(C(=O)O)c2)C=C1)C1=CCC(Oc2ccc(C(=O)O)c(C(=O)O)c2)(Oc2ccc(C(=O)O)c(C(=O)O)c2)C=C1. The van der Waals surface area contributed by atoms with Crippen LogP contribution in [-0.4, -0.2) is 100 Å². The Balaban J connectivity index is 1.34. The standard InChI is InChI=1S/C46H34O20/c1-22(23-10-14-45(15-11-23,63-25-2-6-29(37(47)48)33(18-25)41(55)56)64-26-3-7-30(38(49)50)34(19-26)42(57)58)24-12-16-46(17-13-24,65-27-4-8-31(39(51)52)35(20-27)43(59)60)66-28-5-9-32(40(53)54)36(21-28)44(61)62/h2-14,16,18-22H,15,17H2,1H3,(H,47,48)(H,49,50)(H,51,52)(H,53,54)(H,55,56)(H,57,58)(H,59,60)(H,61,62). The maximum atomic E-state index is 12.0. The Hall–Kier alpha value is -9.20. The fourth-order valence-electron chi connectivity index (χ4n) is 7.02. The van der Waals surface area contributed by atoms with Gasteiger partial charge in [-0.25, -0.2) is 38.4 Å². The highest BCUT2D eigenvalue weighted by atomic mass is 16.7. The number of benzene rings is 4. The zero-order valence-electron chi connectivity index (χ0n) is 33.9. The molecule has 0 fully saturated rings. The first-order chi connectivity index (χ1) is 31.1. The molecule has 0 unspecified atom stereocenters. The van der Waals surface area contributed by atoms with E-state index in [-0.39, 0.29) is 35.8 Å². The van der Waals surface area contributed by atoms with Crippen molar-refractivity contribution in [3.05, 3.63) is 165 Å². The maximum Gasteiger partial charge on any atom is 0.336 e. The molecule has 338 valence electrons. The van der Waals surface area contributed by atoms with Crippen LogP contribution in [0.3, 0.4) is 0 Å². The number of carbonyl (C=O) groups is 8. The highest BCUT2D eigenvalue weighted by molar-refractivity contribution is 6.04. The van der Waals surface area contributed by atoms with E-state index in [2.05, 4.69) is 0 Å². The molecule has 0 aromatic heterocycles. The Morgan fingerprint density at radius 2 is 0.621 bits per heavy atom. The molecule has 0 radical (unpaired) electrons. The first-order valence-corrected chi connectivity index (χ1v) is 19.1. The molecule has 0 spiro atoms. The summed E-state index contributed by atoms with van der Waals surface area (Å²) in [6.07, 6.45) is 9.08. The molecule has 20 heteroatoms. The van der Waals surface area contributed by atoms with Gasteiger partial charge in [-0.2, -0.15) is 0 Å². The molecule has 0 saturated carbocycles. The summed E-state index contributed by atoms with van der Waals surface area (Å²) in [7, 11) is 0. The number of hydrogen-bond acceptors (Lipinski definition) is 12. The molecule has 4 aromatic rings. The molecular weight excluding hydrogens is 872 g/mol. The van der Waals surface area contributed by atoms with Crippen LogP contribution in [0.5, 0.6) is 23.0 Å². The van der Waals surface area contributed by atoms with Crippen LogP contribution in [0.4, 0.5) is 0 Å². The number of allylic oxidation sites excluding steroid dienone is 4. The second kappa shape index (κ2) is 18.3. The number of ether oxygens (including phenoxy) is 4. The van der Waals surface area contributed by atoms with Gasteiger partial charge >= 0.3 is 47.8 Å². The van der Waals surface area contributed by atoms with E-state index in [1.54, 1.807) is 31.2 Å². The minimum absolute atomic E-state index is 0.154. The van der Waals surface area contributed by atoms with Crippen LogP contribution in [0.2, 0.25) is 0 Å². The highest BCUT2D eigenvalue weighted by Gasteiger charge is 2.38. The third-order valence-corrected chi connectivity index (χ3v) is 10.3. The van der Waals surface area contributed by atoms with Gasteiger partial charge in [0.2, 0.25) is 0 Å². The number of carboxylic acids is 8. The van der Waals surface area contributed by atoms with E-state index >= 15 is 0 Å². The van der Waals surface area contributed by atoms with Crippen LogP contribution in [0.25, 0.3) is 0 Å². The van der Waals surface area contributed by atoms with Gasteiger partial charge in [-0.15, -0.1) is 0 Å². The number of rotatable bonds is 18. The summed E-state index contributed by atoms with van der Waals surface area (Å²) >= 11 is 0. The van der Waals surface area contributed by atoms with E-state index in [0.29, 0.717) is 11.1 Å². The minimum atomic E-state index is -1.87. The summed E-state index contributed by atoms with van der Waals surface area (Å²) in [4.78, 5) is 94.8. The summed E-state index contributed by atoms with van der Waals surface area (Å²) in [5.74, 6) is -17.2. The molecule has 0 amide bonds. The summed E-state index contributed by atoms with van der Waals surface area (Å²) < 4.78 is 24.7. The Morgan fingerprint density at radius 3 is 0.803 bits per heavy atom. The van der Waals surface area contributed by atoms with Crippen LogP contribution in [0, 0.1) is 5.92 Å². The minimum Gasteiger partial charge on any atom is -0.478 e. The van der Waals surface area contributed by atoms with E-state index in [0.717, 1.165) is 48.5 Å². The second-order valence-electron chi connectivity index (χ2n) is 14.5. The van der Waals surface area contributed by atoms with Crippen LogP contribution >= 0.6 is 0 Å². The van der Waals surface area contributed by atoms with Crippen LogP contribution < -0.4 is 18.9 Å². The predicted molar refractivity (Wildman–Crippen MR) is 222 cm³/mol. The van der Waals surface area contributed by atoms with E-state index < -0.39 is 110 Å². The van der Waals surface area contributed by atoms with Gasteiger partial charge in [0.05, 0.1) is 44.5 Å². The van der Waals surface area contributed by atoms with Crippen molar-refractivity contribution in [2.45, 2.75) is 31.3 Å². The Bertz CT molecular complexity index is 2530. The van der Waals surface area contributed by atoms with Crippen molar-refractivity contribution in [3.8, 4) is 23.0 Å². The smallest absolute Gasteiger partial charge is 0.336 e. The molecular formula is C46H34O20. The van der Waals surface area contributed by atoms with Crippen molar-refractivity contribution in [1.82, 2.24) is 0 Å². The molecule has 2 aliphatic carbocycles. The fourth-order valence-corrected chi connectivity index (χ4v) is 7.02. The Morgan fingerprint density at radius 1 is 0.394 bits per heavy atom. The van der Waals surface area contributed by atoms with Gasteiger partial charge in [-0.1, -0.05) is 31.2 Å². The molecule has 20 nitrogen and oxygen atoms in total. The Labute approximate surface area is 370 Å². The topological polar surface area (TPSA) is 335 Å². The molecule has 4 aromatic carbocycles. The van der Waals surface area contributed by atoms with Crippen LogP contribution in [0.1, 0.15) is 103 Å². The highest BCUT2D eigenvalue weighted by Crippen LogP contribution is 2.39. The molecule has 2 aliphatic rings. The molecule has 0 bridgehead atoms. The Kier molecular flexibility index (Phi) is 12.8. The molecule has 0 aliphatic heterocycles. The summed E-state index contributed by atoms with van der Waals surface area (Å²) in [6, 6.07) is 12.6. The van der Waals surface area contributed by atoms with Crippen molar-refractivity contribution in [1.29, 1.82) is 0 Å². The first-order valence-electron chi connectivity index (χ1n) is 19.1. The second-order valence-corrected chi connectivity index (χ2v) is 14.5. The van der Waals surface area contributed by atoms with Gasteiger partial charge in [0.15, 0.2) is 0 Å². The third kappa shape index (κ3) is 9.87. The van der Waals surface area contributed by atoms with Gasteiger partial charge in [-0.3, -0.25) is 0 Å². The lowest BCUT2D eigenvalue weighted by molar-refractivity contribution is -0.0693. The lowest BCUT2D eigenvalue weighted by atomic mass is 9.84. The molecule has 6 rings (SSSR count). The average molecular weight is 907 g/mol. The molecule has 66 heavy (non-hydrogen) atoms. The van der Waals surface area contributed by atoms with E-state index in [9.17, 15) is 79.2 Å². The summed E-state index contributed by atoms with van der Waals surface area (Å²) in [5, 5.41) is 77.0. The third-order valence-electron chi connectivity index (χ3n) is 10.3. The lowest BCUT2D eigenvalue weighted by Gasteiger charge is -2.36. The molecule has 0 saturated heterocycles. The monoisotopic (exact) mass is 906 g/mol. The van der Waals surface area contributed by atoms with Crippen molar-refractivity contribution in [2.75, 3.05) is 0 Å². The normalized spacial score (nSPS) is 14.5. The van der Waals surface area contributed by atoms with Crippen molar-refractivity contribution in [3.63, 3.8) is 0 Å². The van der Waals surface area contributed by atoms with Crippen molar-refractivity contribution >= 4 is 47.8 Å². The molecule has 0 atom stereocenters. The van der Waals surface area contributed by atoms with Gasteiger partial charge in [0.25, 0.3) is 11.6 Å². The predicted octanol–water partition coefficient (Wildman–Crippen LogP) is 6.69. The van der Waals surface area contributed by atoms with Crippen molar-refractivity contribution in [2.24, 2.45) is 5.92 Å². The number of hydrogen-bond donors (Lipinski definition) is 8. The summed E-state index contributed by atoms with van der Waals surface area (Å²) in [5.41, 5.74) is -3.33. The van der Waals surface area contributed by atoms with Gasteiger partial charge in [0.1, 0.15) is 23.0 Å². The van der Waals surface area contributed by atoms with E-state index in [4.69, 9.17) is 18.9 Å². The van der Waals surface area contributed by atoms with Gasteiger partial charge in [0, 0.05) is 30.9 Å². The van der Waals surface area contributed by atoms with Crippen molar-refractivity contribution < 1.29 is 98.2 Å². The van der Waals surface area contributed by atoms with Gasteiger partial charge in [-0.05, 0) is 83.9 Å². The lowest BCUT2D eigenvalue weighted by Crippen LogP contribution is -2.42. The average Bonchev–Trinajstić information content (AvgIpc) is 3.26. The molecule has 8 N–H and O–H groups in total. The van der Waals surface area contributed by atoms with Crippen LogP contribution in [-0.2, 0) is 0 Å². The largest absolute Gasteiger partial charge is 0.478 e. The van der Waals surface area contributed by atoms with E-state index in [1.165, 1.54) is 36.4 Å². The van der Waals surface area contributed by atoms with Crippen LogP contribution in [0.15, 0.2) is 120 Å². The number of aromatic carboxylic acids is 8. The zero-order chi connectivity index (χ0) is 48.2. The number of carboxylic acid groups (broad SMARTS) is 8. The first kappa shape index (κ1) is 46.3. The quantitative estimate of drug-likeness (QED) is 0.0482. The summed E-state index contributed by atoms with van der Waals surface area (Å²) in [6.45, 7) is 1.80. The zero-order valence-corrected chi connectivity index (χ0v) is 33.9. The van der Waals surface area contributed by atoms with E-state index in [1.807, 2.05) is 0 Å².